The van der Waals surface area contributed by atoms with E-state index < -0.39 is 0 Å². The van der Waals surface area contributed by atoms with Gasteiger partial charge in [0.1, 0.15) is 0 Å². The lowest BCUT2D eigenvalue weighted by molar-refractivity contribution is -0.118. The van der Waals surface area contributed by atoms with E-state index in [1.807, 2.05) is 41.1 Å². The lowest BCUT2D eigenvalue weighted by Crippen LogP contribution is -2.59. The number of allylic oxidation sites excluding steroid dienone is 2. The van der Waals surface area contributed by atoms with Gasteiger partial charge in [-0.2, -0.15) is 0 Å². The molecule has 0 spiro atoms. The number of piperidine rings is 1. The fourth-order valence-corrected chi connectivity index (χ4v) is 7.72. The van der Waals surface area contributed by atoms with Crippen LogP contribution >= 0.6 is 0 Å². The Labute approximate surface area is 193 Å². The first-order valence-electron chi connectivity index (χ1n) is 12.6. The standard InChI is InChI=1S/C28H38N2O2/c1-27-14-7-10-23(27)22-19-30(26(32)29(3)17-13-20-8-5-4-6-9-20)25-18-21(31)11-16-28(25,2)24(22)12-15-27/h4-6,8-9,18,22-24H,7,10-17,19H2,1-3H3/t22-,23-,24-,27-,28+/m0/s1. The highest BCUT2D eigenvalue weighted by atomic mass is 16.2. The van der Waals surface area contributed by atoms with Crippen molar-refractivity contribution in [2.45, 2.75) is 65.2 Å². The molecule has 0 radical (unpaired) electrons. The lowest BCUT2D eigenvalue weighted by atomic mass is 9.50. The van der Waals surface area contributed by atoms with Crippen LogP contribution in [0.25, 0.3) is 0 Å². The van der Waals surface area contributed by atoms with Crippen molar-refractivity contribution in [3.05, 3.63) is 47.7 Å². The number of carbonyl (C=O) groups is 2. The Morgan fingerprint density at radius 1 is 1.09 bits per heavy atom. The first-order valence-corrected chi connectivity index (χ1v) is 12.6. The van der Waals surface area contributed by atoms with Gasteiger partial charge in [0.2, 0.25) is 0 Å². The smallest absolute Gasteiger partial charge is 0.323 e. The Morgan fingerprint density at radius 3 is 2.66 bits per heavy atom. The number of hydrogen-bond donors (Lipinski definition) is 0. The molecule has 0 bridgehead atoms. The van der Waals surface area contributed by atoms with E-state index in [1.54, 1.807) is 0 Å². The molecule has 4 heteroatoms. The van der Waals surface area contributed by atoms with Crippen molar-refractivity contribution < 1.29 is 9.59 Å². The van der Waals surface area contributed by atoms with Gasteiger partial charge in [0.05, 0.1) is 0 Å². The molecule has 4 aliphatic rings. The summed E-state index contributed by atoms with van der Waals surface area (Å²) in [5.74, 6) is 2.04. The van der Waals surface area contributed by atoms with Crippen molar-refractivity contribution in [1.29, 1.82) is 0 Å². The van der Waals surface area contributed by atoms with E-state index in [0.29, 0.717) is 36.1 Å². The van der Waals surface area contributed by atoms with Crippen LogP contribution in [0.15, 0.2) is 42.1 Å². The summed E-state index contributed by atoms with van der Waals surface area (Å²) >= 11 is 0. The zero-order valence-electron chi connectivity index (χ0n) is 20.0. The number of likely N-dealkylation sites (N-methyl/N-ethyl adjacent to an activating group) is 1. The molecule has 1 aromatic carbocycles. The molecule has 5 rings (SSSR count). The molecule has 172 valence electrons. The molecule has 1 aliphatic heterocycles. The van der Waals surface area contributed by atoms with Crippen LogP contribution in [0.2, 0.25) is 0 Å². The summed E-state index contributed by atoms with van der Waals surface area (Å²) in [5, 5.41) is 0. The number of ketones is 1. The lowest BCUT2D eigenvalue weighted by Gasteiger charge is -2.60. The average molecular weight is 435 g/mol. The van der Waals surface area contributed by atoms with E-state index in [1.165, 1.54) is 37.7 Å². The molecule has 4 nitrogen and oxygen atoms in total. The molecule has 32 heavy (non-hydrogen) atoms. The SMILES string of the molecule is CN(CCc1ccccc1)C(=O)N1C[C@H]2[C@@H]3CCC[C@@]3(C)CC[C@@H]2[C@@]2(C)CCC(=O)C=C12. The normalized spacial score (nSPS) is 36.1. The van der Waals surface area contributed by atoms with E-state index in [9.17, 15) is 9.59 Å². The summed E-state index contributed by atoms with van der Waals surface area (Å²) in [6.07, 6.45) is 10.7. The molecular formula is C28H38N2O2. The molecule has 1 heterocycles. The molecule has 5 atom stereocenters. The molecule has 3 fully saturated rings. The summed E-state index contributed by atoms with van der Waals surface area (Å²) in [4.78, 5) is 30.1. The number of hydrogen-bond acceptors (Lipinski definition) is 2. The molecule has 2 saturated carbocycles. The maximum absolute atomic E-state index is 13.8. The zero-order chi connectivity index (χ0) is 22.5. The van der Waals surface area contributed by atoms with Crippen LogP contribution in [0, 0.1) is 28.6 Å². The van der Waals surface area contributed by atoms with Gasteiger partial charge in [0, 0.05) is 43.7 Å². The molecule has 0 N–H and O–H groups in total. The van der Waals surface area contributed by atoms with Crippen molar-refractivity contribution in [2.24, 2.45) is 28.6 Å². The van der Waals surface area contributed by atoms with Gasteiger partial charge in [-0.25, -0.2) is 4.79 Å². The quantitative estimate of drug-likeness (QED) is 0.614. The minimum Gasteiger partial charge on any atom is -0.327 e. The molecule has 0 aromatic heterocycles. The summed E-state index contributed by atoms with van der Waals surface area (Å²) in [5.41, 5.74) is 2.64. The molecule has 1 saturated heterocycles. The second kappa shape index (κ2) is 8.04. The van der Waals surface area contributed by atoms with Crippen molar-refractivity contribution in [3.8, 4) is 0 Å². The van der Waals surface area contributed by atoms with E-state index in [4.69, 9.17) is 0 Å². The number of benzene rings is 1. The molecule has 3 aliphatic carbocycles. The third-order valence-corrected chi connectivity index (χ3v) is 9.63. The van der Waals surface area contributed by atoms with Crippen LogP contribution in [0.5, 0.6) is 0 Å². The number of fused-ring (bicyclic) bond motifs is 5. The monoisotopic (exact) mass is 434 g/mol. The zero-order valence-corrected chi connectivity index (χ0v) is 20.0. The van der Waals surface area contributed by atoms with Gasteiger partial charge in [-0.05, 0) is 67.3 Å². The van der Waals surface area contributed by atoms with Crippen molar-refractivity contribution in [1.82, 2.24) is 9.80 Å². The average Bonchev–Trinajstić information content (AvgIpc) is 3.20. The number of urea groups is 1. The highest BCUT2D eigenvalue weighted by Crippen LogP contribution is 2.64. The number of rotatable bonds is 3. The van der Waals surface area contributed by atoms with E-state index in [2.05, 4.69) is 26.0 Å². The fraction of sp³-hybridized carbons (Fsp3) is 0.643. The Morgan fingerprint density at radius 2 is 1.88 bits per heavy atom. The van der Waals surface area contributed by atoms with Crippen LogP contribution < -0.4 is 0 Å². The van der Waals surface area contributed by atoms with E-state index >= 15 is 0 Å². The van der Waals surface area contributed by atoms with Crippen LogP contribution in [0.1, 0.15) is 64.4 Å². The second-order valence-electron chi connectivity index (χ2n) is 11.4. The minimum absolute atomic E-state index is 0.0589. The summed E-state index contributed by atoms with van der Waals surface area (Å²) in [7, 11) is 1.92. The van der Waals surface area contributed by atoms with Crippen LogP contribution in [-0.4, -0.2) is 41.8 Å². The van der Waals surface area contributed by atoms with Crippen molar-refractivity contribution in [3.63, 3.8) is 0 Å². The number of likely N-dealkylation sites (tertiary alicyclic amines) is 1. The Balaban J connectivity index is 1.42. The third kappa shape index (κ3) is 3.50. The van der Waals surface area contributed by atoms with Crippen molar-refractivity contribution >= 4 is 11.8 Å². The van der Waals surface area contributed by atoms with E-state index in [0.717, 1.165) is 25.1 Å². The van der Waals surface area contributed by atoms with E-state index in [-0.39, 0.29) is 17.2 Å². The van der Waals surface area contributed by atoms with Crippen LogP contribution in [0.3, 0.4) is 0 Å². The Bertz CT molecular complexity index is 925. The number of amides is 2. The second-order valence-corrected chi connectivity index (χ2v) is 11.4. The van der Waals surface area contributed by atoms with Gasteiger partial charge in [0.15, 0.2) is 5.78 Å². The molecule has 0 unspecified atom stereocenters. The van der Waals surface area contributed by atoms with Gasteiger partial charge >= 0.3 is 6.03 Å². The summed E-state index contributed by atoms with van der Waals surface area (Å²) < 4.78 is 0. The highest BCUT2D eigenvalue weighted by molar-refractivity contribution is 5.92. The van der Waals surface area contributed by atoms with Gasteiger partial charge in [-0.15, -0.1) is 0 Å². The minimum atomic E-state index is -0.0589. The fourth-order valence-electron chi connectivity index (χ4n) is 7.72. The number of carbonyl (C=O) groups excluding carboxylic acids is 2. The van der Waals surface area contributed by atoms with Gasteiger partial charge in [0.25, 0.3) is 0 Å². The largest absolute Gasteiger partial charge is 0.327 e. The summed E-state index contributed by atoms with van der Waals surface area (Å²) in [6, 6.07) is 10.4. The highest BCUT2D eigenvalue weighted by Gasteiger charge is 2.59. The maximum atomic E-state index is 13.8. The Hall–Kier alpha value is -2.10. The first kappa shape index (κ1) is 21.7. The van der Waals surface area contributed by atoms with Gasteiger partial charge in [-0.3, -0.25) is 9.69 Å². The Kier molecular flexibility index (Phi) is 5.46. The molecule has 2 amide bonds. The first-order chi connectivity index (χ1) is 15.3. The molecule has 1 aromatic rings. The maximum Gasteiger partial charge on any atom is 0.323 e. The summed E-state index contributed by atoms with van der Waals surface area (Å²) in [6.45, 7) is 6.32. The van der Waals surface area contributed by atoms with Crippen LogP contribution in [0.4, 0.5) is 4.79 Å². The molecular weight excluding hydrogens is 396 g/mol. The van der Waals surface area contributed by atoms with Crippen molar-refractivity contribution in [2.75, 3.05) is 20.1 Å². The predicted octanol–water partition coefficient (Wildman–Crippen LogP) is 5.68. The van der Waals surface area contributed by atoms with Gasteiger partial charge < -0.3 is 4.90 Å². The predicted molar refractivity (Wildman–Crippen MR) is 127 cm³/mol. The third-order valence-electron chi connectivity index (χ3n) is 9.63. The number of nitrogens with zero attached hydrogens (tertiary/aromatic N) is 2. The van der Waals surface area contributed by atoms with Crippen LogP contribution in [-0.2, 0) is 11.2 Å². The topological polar surface area (TPSA) is 40.6 Å². The van der Waals surface area contributed by atoms with Gasteiger partial charge in [-0.1, -0.05) is 50.6 Å².